The van der Waals surface area contributed by atoms with Gasteiger partial charge in [0.2, 0.25) is 0 Å². The van der Waals surface area contributed by atoms with E-state index < -0.39 is 31.0 Å². The maximum atomic E-state index is 9.90. The third-order valence-electron chi connectivity index (χ3n) is 2.41. The number of nitrogens with zero attached hydrogens (tertiary/aromatic N) is 1. The molecule has 0 aromatic heterocycles. The van der Waals surface area contributed by atoms with E-state index in [0.29, 0.717) is 6.61 Å². The van der Waals surface area contributed by atoms with Gasteiger partial charge in [0.05, 0.1) is 34.3 Å². The molecule has 0 bridgehead atoms. The average Bonchev–Trinajstić information content (AvgIpc) is 2.41. The topological polar surface area (TPSA) is 138 Å². The summed E-state index contributed by atoms with van der Waals surface area (Å²) in [5.74, 6) is 0. The number of aliphatic hydroxyl groups excluding tert-OH is 6. The second-order valence-corrected chi connectivity index (χ2v) is 5.45. The zero-order valence-electron chi connectivity index (χ0n) is 12.6. The summed E-state index contributed by atoms with van der Waals surface area (Å²) < 4.78 is 0.945. The summed E-state index contributed by atoms with van der Waals surface area (Å²) in [4.78, 5) is 9.90. The Bertz CT molecular complexity index is 250. The molecule has 6 N–H and O–H groups in total. The van der Waals surface area contributed by atoms with Crippen LogP contribution in [-0.4, -0.2) is 107 Å². The van der Waals surface area contributed by atoms with Gasteiger partial charge in [0, 0.05) is 13.0 Å². The fourth-order valence-corrected chi connectivity index (χ4v) is 1.16. The number of rotatable bonds is 8. The van der Waals surface area contributed by atoms with Gasteiger partial charge in [-0.1, -0.05) is 0 Å². The van der Waals surface area contributed by atoms with Crippen molar-refractivity contribution < 1.29 is 52.3 Å². The van der Waals surface area contributed by atoms with Crippen molar-refractivity contribution >= 4 is 6.29 Å². The molecule has 0 fully saturated rings. The van der Waals surface area contributed by atoms with Crippen LogP contribution in [0.15, 0.2) is 0 Å². The number of hydrogen-bond donors (Lipinski definition) is 6. The number of carbonyl (C=O) groups is 1. The van der Waals surface area contributed by atoms with Gasteiger partial charge in [0.25, 0.3) is 0 Å². The Kier molecular flexibility index (Phi) is 16.3. The van der Waals surface area contributed by atoms with Gasteiger partial charge >= 0.3 is 0 Å². The number of aliphatic hydroxyl groups is 6. The lowest BCUT2D eigenvalue weighted by Gasteiger charge is -2.22. The molecule has 0 amide bonds. The second-order valence-electron chi connectivity index (χ2n) is 5.45. The van der Waals surface area contributed by atoms with Gasteiger partial charge in [-0.15, -0.1) is 0 Å². The Hall–Kier alpha value is -0.320. The van der Waals surface area contributed by atoms with E-state index in [2.05, 4.69) is 21.1 Å². The number of carbonyl (C=O) groups excluding carboxylic acids is 1. The Morgan fingerprint density at radius 2 is 1.48 bits per heavy atom. The lowest BCUT2D eigenvalue weighted by Crippen LogP contribution is -3.00. The first-order chi connectivity index (χ1) is 9.10. The van der Waals surface area contributed by atoms with Crippen LogP contribution >= 0.6 is 0 Å². The van der Waals surface area contributed by atoms with Crippen molar-refractivity contribution in [1.29, 1.82) is 0 Å². The Morgan fingerprint density at radius 3 is 1.71 bits per heavy atom. The summed E-state index contributed by atoms with van der Waals surface area (Å²) in [7, 11) is 6.36. The van der Waals surface area contributed by atoms with Crippen molar-refractivity contribution in [2.24, 2.45) is 0 Å². The fraction of sp³-hybridized carbons (Fsp3) is 0.917. The van der Waals surface area contributed by atoms with Crippen molar-refractivity contribution in [2.75, 3.05) is 40.9 Å². The molecule has 8 nitrogen and oxygen atoms in total. The highest BCUT2D eigenvalue weighted by Gasteiger charge is 2.29. The molecule has 0 aliphatic rings. The summed E-state index contributed by atoms with van der Waals surface area (Å²) in [5, 5.41) is 52.0. The lowest BCUT2D eigenvalue weighted by molar-refractivity contribution is -0.870. The highest BCUT2D eigenvalue weighted by Crippen LogP contribution is 2.02. The zero-order valence-corrected chi connectivity index (χ0v) is 13.4. The molecule has 4 atom stereocenters. The molecular weight excluding hydrogens is 306 g/mol. The maximum absolute atomic E-state index is 9.90. The van der Waals surface area contributed by atoms with Gasteiger partial charge in [0.1, 0.15) is 24.4 Å². The smallest absolute Gasteiger partial charge is 0.151 e. The number of hydrogen-bond acceptors (Lipinski definition) is 7. The van der Waals surface area contributed by atoms with Gasteiger partial charge in [0.15, 0.2) is 6.29 Å². The third kappa shape index (κ3) is 14.4. The van der Waals surface area contributed by atoms with E-state index in [1.54, 1.807) is 0 Å². The van der Waals surface area contributed by atoms with E-state index in [1.807, 2.05) is 0 Å². The van der Waals surface area contributed by atoms with Crippen molar-refractivity contribution in [3.63, 3.8) is 0 Å². The van der Waals surface area contributed by atoms with Gasteiger partial charge in [-0.25, -0.2) is 0 Å². The number of aldehydes is 1. The molecule has 9 heteroatoms. The molecule has 0 saturated heterocycles. The SMILES string of the molecule is C[N+](C)(C)CCCO.O=C[C@H](O)[C@@H](O)[C@H](O)[C@H](O)CO.[Cl-]. The van der Waals surface area contributed by atoms with Crippen LogP contribution in [0.3, 0.4) is 0 Å². The van der Waals surface area contributed by atoms with Crippen molar-refractivity contribution in [1.82, 2.24) is 0 Å². The van der Waals surface area contributed by atoms with Crippen LogP contribution < -0.4 is 12.4 Å². The predicted octanol–water partition coefficient (Wildman–Crippen LogP) is -6.30. The normalized spacial score (nSPS) is 16.6. The van der Waals surface area contributed by atoms with Crippen LogP contribution in [-0.2, 0) is 4.79 Å². The summed E-state index contributed by atoms with van der Waals surface area (Å²) in [6, 6.07) is 0. The average molecular weight is 334 g/mol. The fourth-order valence-electron chi connectivity index (χ4n) is 1.16. The van der Waals surface area contributed by atoms with E-state index in [9.17, 15) is 4.79 Å². The Morgan fingerprint density at radius 1 is 1.00 bits per heavy atom. The first-order valence-electron chi connectivity index (χ1n) is 6.30. The third-order valence-corrected chi connectivity index (χ3v) is 2.41. The van der Waals surface area contributed by atoms with Crippen molar-refractivity contribution in [3.8, 4) is 0 Å². The second kappa shape index (κ2) is 13.4. The van der Waals surface area contributed by atoms with Crippen molar-refractivity contribution in [3.05, 3.63) is 0 Å². The number of quaternary nitrogens is 1. The molecule has 0 aliphatic heterocycles. The molecule has 0 radical (unpaired) electrons. The van der Waals surface area contributed by atoms with Gasteiger partial charge in [-0.3, -0.25) is 0 Å². The summed E-state index contributed by atoms with van der Waals surface area (Å²) in [5.41, 5.74) is 0. The molecule has 0 aromatic rings. The van der Waals surface area contributed by atoms with Crippen molar-refractivity contribution in [2.45, 2.75) is 30.8 Å². The molecule has 0 spiro atoms. The van der Waals surface area contributed by atoms with E-state index in [0.717, 1.165) is 17.4 Å². The van der Waals surface area contributed by atoms with Crippen LogP contribution in [0.1, 0.15) is 6.42 Å². The van der Waals surface area contributed by atoms with E-state index in [4.69, 9.17) is 30.6 Å². The minimum absolute atomic E-state index is 0. The molecule has 21 heavy (non-hydrogen) atoms. The highest BCUT2D eigenvalue weighted by atomic mass is 35.5. The van der Waals surface area contributed by atoms with Crippen LogP contribution in [0.2, 0.25) is 0 Å². The quantitative estimate of drug-likeness (QED) is 0.192. The van der Waals surface area contributed by atoms with Crippen LogP contribution in [0.5, 0.6) is 0 Å². The Balaban J connectivity index is -0.000000317. The molecule has 0 heterocycles. The maximum Gasteiger partial charge on any atom is 0.151 e. The largest absolute Gasteiger partial charge is 1.00 e. The summed E-state index contributed by atoms with van der Waals surface area (Å²) in [6.45, 7) is 0.607. The number of halogens is 1. The highest BCUT2D eigenvalue weighted by molar-refractivity contribution is 5.56. The van der Waals surface area contributed by atoms with Gasteiger partial charge in [-0.05, 0) is 0 Å². The lowest BCUT2D eigenvalue weighted by atomic mass is 10.0. The first kappa shape index (κ1) is 25.6. The van der Waals surface area contributed by atoms with Gasteiger partial charge in [-0.2, -0.15) is 0 Å². The zero-order chi connectivity index (χ0) is 16.3. The molecule has 0 unspecified atom stereocenters. The Labute approximate surface area is 131 Å². The minimum atomic E-state index is -1.79. The van der Waals surface area contributed by atoms with Crippen LogP contribution in [0, 0.1) is 0 Å². The van der Waals surface area contributed by atoms with E-state index in [-0.39, 0.29) is 18.7 Å². The van der Waals surface area contributed by atoms with Gasteiger partial charge < -0.3 is 52.3 Å². The molecule has 0 saturated carbocycles. The van der Waals surface area contributed by atoms with E-state index in [1.165, 1.54) is 0 Å². The summed E-state index contributed by atoms with van der Waals surface area (Å²) >= 11 is 0. The minimum Gasteiger partial charge on any atom is -1.00 e. The molecule has 0 rings (SSSR count). The molecular formula is C12H28ClNO7. The molecule has 0 aliphatic carbocycles. The van der Waals surface area contributed by atoms with Crippen LogP contribution in [0.4, 0.5) is 0 Å². The van der Waals surface area contributed by atoms with Crippen LogP contribution in [0.25, 0.3) is 0 Å². The molecule has 130 valence electrons. The standard InChI is InChI=1S/C6H16NO.C6H12O6.ClH/c1-7(2,3)5-4-6-8;7-1-3(9)5(11)6(12)4(10)2-8;/h8H,4-6H2,1-3H3;1,3-6,8-12H,2H2;1H/q+1;;/p-1/t;3-,4+,5+,6+;/m.0./s1. The first-order valence-corrected chi connectivity index (χ1v) is 6.30. The predicted molar refractivity (Wildman–Crippen MR) is 71.8 cm³/mol. The molecule has 0 aromatic carbocycles. The monoisotopic (exact) mass is 333 g/mol. The summed E-state index contributed by atoms with van der Waals surface area (Å²) in [6.07, 6.45) is -5.93. The van der Waals surface area contributed by atoms with E-state index >= 15 is 0 Å².